The minimum atomic E-state index is 0.624. The van der Waals surface area contributed by atoms with Crippen molar-refractivity contribution in [1.82, 2.24) is 0 Å². The van der Waals surface area contributed by atoms with E-state index in [0.29, 0.717) is 12.3 Å². The second-order valence-electron chi connectivity index (χ2n) is 10.3. The van der Waals surface area contributed by atoms with Gasteiger partial charge in [0, 0.05) is 17.8 Å². The molecule has 0 radical (unpaired) electrons. The molecule has 2 aromatic carbocycles. The molecule has 2 fully saturated rings. The van der Waals surface area contributed by atoms with Crippen LogP contribution in [0.4, 0.5) is 11.4 Å². The van der Waals surface area contributed by atoms with Gasteiger partial charge < -0.3 is 16.2 Å². The van der Waals surface area contributed by atoms with Crippen LogP contribution in [-0.2, 0) is 6.42 Å². The lowest BCUT2D eigenvalue weighted by Crippen LogP contribution is -2.25. The third kappa shape index (κ3) is 5.99. The van der Waals surface area contributed by atoms with E-state index in [1.54, 1.807) is 0 Å². The quantitative estimate of drug-likeness (QED) is 0.427. The molecule has 0 spiro atoms. The fraction of sp³-hybridized carbons (Fsp3) is 0.586. The Hall–Kier alpha value is -2.16. The Kier molecular flexibility index (Phi) is 8.00. The van der Waals surface area contributed by atoms with Crippen molar-refractivity contribution in [2.45, 2.75) is 83.5 Å². The van der Waals surface area contributed by atoms with Crippen LogP contribution in [0.2, 0.25) is 0 Å². The summed E-state index contributed by atoms with van der Waals surface area (Å²) in [6.45, 7) is 2.96. The summed E-state index contributed by atoms with van der Waals surface area (Å²) in [4.78, 5) is 0. The van der Waals surface area contributed by atoms with Gasteiger partial charge in [-0.05, 0) is 97.6 Å². The monoisotopic (exact) mass is 434 g/mol. The van der Waals surface area contributed by atoms with Gasteiger partial charge in [0.15, 0.2) is 0 Å². The maximum Gasteiger partial charge on any atom is 0.119 e. The molecule has 3 heteroatoms. The number of nitrogen functional groups attached to an aromatic ring is 2. The van der Waals surface area contributed by atoms with Gasteiger partial charge in [0.05, 0.1) is 6.61 Å². The third-order valence-corrected chi connectivity index (χ3v) is 8.19. The fourth-order valence-electron chi connectivity index (χ4n) is 6.24. The second kappa shape index (κ2) is 11.1. The Morgan fingerprint density at radius 1 is 0.812 bits per heavy atom. The Morgan fingerprint density at radius 3 is 2.09 bits per heavy atom. The van der Waals surface area contributed by atoms with Crippen molar-refractivity contribution in [1.29, 1.82) is 0 Å². The van der Waals surface area contributed by atoms with Crippen molar-refractivity contribution in [2.24, 2.45) is 17.8 Å². The molecule has 0 aliphatic heterocycles. The molecule has 0 atom stereocenters. The summed E-state index contributed by atoms with van der Waals surface area (Å²) < 4.78 is 5.97. The minimum Gasteiger partial charge on any atom is -0.493 e. The van der Waals surface area contributed by atoms with Gasteiger partial charge in [0.1, 0.15) is 5.75 Å². The van der Waals surface area contributed by atoms with E-state index in [1.807, 2.05) is 18.2 Å². The number of ether oxygens (including phenoxy) is 1. The first-order valence-corrected chi connectivity index (χ1v) is 13.0. The summed E-state index contributed by atoms with van der Waals surface area (Å²) in [7, 11) is 0. The zero-order valence-electron chi connectivity index (χ0n) is 19.9. The van der Waals surface area contributed by atoms with E-state index in [2.05, 4.69) is 31.2 Å². The van der Waals surface area contributed by atoms with E-state index in [4.69, 9.17) is 16.2 Å². The summed E-state index contributed by atoms with van der Waals surface area (Å²) in [6.07, 6.45) is 15.1. The molecule has 0 saturated heterocycles. The Labute approximate surface area is 194 Å². The molecule has 2 saturated carbocycles. The maximum absolute atomic E-state index is 6.04. The molecule has 0 aromatic heterocycles. The Morgan fingerprint density at radius 2 is 1.47 bits per heavy atom. The van der Waals surface area contributed by atoms with Crippen molar-refractivity contribution < 1.29 is 4.74 Å². The van der Waals surface area contributed by atoms with Crippen molar-refractivity contribution in [3.63, 3.8) is 0 Å². The number of benzene rings is 2. The number of rotatable bonds is 8. The summed E-state index contributed by atoms with van der Waals surface area (Å²) >= 11 is 0. The minimum absolute atomic E-state index is 0.624. The highest BCUT2D eigenvalue weighted by molar-refractivity contribution is 5.56. The van der Waals surface area contributed by atoms with Gasteiger partial charge >= 0.3 is 0 Å². The molecule has 4 rings (SSSR count). The molecule has 4 N–H and O–H groups in total. The highest BCUT2D eigenvalue weighted by atomic mass is 16.5. The van der Waals surface area contributed by atoms with E-state index in [0.717, 1.165) is 47.1 Å². The van der Waals surface area contributed by atoms with Crippen LogP contribution in [-0.4, -0.2) is 6.61 Å². The summed E-state index contributed by atoms with van der Waals surface area (Å²) in [6, 6.07) is 14.6. The first-order chi connectivity index (χ1) is 15.6. The third-order valence-electron chi connectivity index (χ3n) is 8.19. The number of nitrogens with two attached hydrogens (primary N) is 2. The van der Waals surface area contributed by atoms with Crippen LogP contribution in [0.15, 0.2) is 42.5 Å². The highest BCUT2D eigenvalue weighted by Crippen LogP contribution is 2.44. The van der Waals surface area contributed by atoms with Crippen LogP contribution < -0.4 is 16.2 Å². The van der Waals surface area contributed by atoms with Crippen molar-refractivity contribution in [3.05, 3.63) is 53.6 Å². The molecular formula is C29H42N2O. The molecule has 0 bridgehead atoms. The van der Waals surface area contributed by atoms with Gasteiger partial charge in [-0.25, -0.2) is 0 Å². The number of hydrogen-bond acceptors (Lipinski definition) is 3. The first kappa shape index (κ1) is 23.0. The molecule has 174 valence electrons. The SMILES string of the molecule is CCCC1CCC(C2CCC(c3ccc(OCCc4ccc(N)cc4N)cc3)CC2)CC1. The van der Waals surface area contributed by atoms with Crippen molar-refractivity contribution in [3.8, 4) is 5.75 Å². The highest BCUT2D eigenvalue weighted by Gasteiger charge is 2.31. The van der Waals surface area contributed by atoms with Gasteiger partial charge in [0.25, 0.3) is 0 Å². The first-order valence-electron chi connectivity index (χ1n) is 13.0. The fourth-order valence-corrected chi connectivity index (χ4v) is 6.24. The lowest BCUT2D eigenvalue weighted by Gasteiger charge is -2.38. The molecule has 0 heterocycles. The lowest BCUT2D eigenvalue weighted by molar-refractivity contribution is 0.156. The predicted molar refractivity (Wildman–Crippen MR) is 136 cm³/mol. The summed E-state index contributed by atoms with van der Waals surface area (Å²) in [5.74, 6) is 4.69. The molecule has 2 aromatic rings. The van der Waals surface area contributed by atoms with E-state index < -0.39 is 0 Å². The van der Waals surface area contributed by atoms with Gasteiger partial charge in [-0.3, -0.25) is 0 Å². The van der Waals surface area contributed by atoms with Gasteiger partial charge in [0.2, 0.25) is 0 Å². The Balaban J connectivity index is 1.20. The molecule has 32 heavy (non-hydrogen) atoms. The van der Waals surface area contributed by atoms with Crippen LogP contribution in [0.25, 0.3) is 0 Å². The van der Waals surface area contributed by atoms with Crippen LogP contribution in [0.3, 0.4) is 0 Å². The van der Waals surface area contributed by atoms with E-state index in [1.165, 1.54) is 69.8 Å². The standard InChI is InChI=1S/C29H42N2O/c1-2-3-21-4-6-22(7-5-21)23-8-10-24(11-9-23)25-13-16-28(17-14-25)32-19-18-26-12-15-27(30)20-29(26)31/h12-17,20-24H,2-11,18-19,30-31H2,1H3. The number of hydrogen-bond donors (Lipinski definition) is 2. The van der Waals surface area contributed by atoms with Crippen LogP contribution in [0.1, 0.15) is 88.2 Å². The van der Waals surface area contributed by atoms with Gasteiger partial charge in [-0.1, -0.05) is 50.8 Å². The molecule has 0 amide bonds. The zero-order valence-corrected chi connectivity index (χ0v) is 19.9. The van der Waals surface area contributed by atoms with Crippen LogP contribution in [0.5, 0.6) is 5.75 Å². The predicted octanol–water partition coefficient (Wildman–Crippen LogP) is 7.35. The average molecular weight is 435 g/mol. The largest absolute Gasteiger partial charge is 0.493 e. The second-order valence-corrected chi connectivity index (χ2v) is 10.3. The van der Waals surface area contributed by atoms with E-state index >= 15 is 0 Å². The smallest absolute Gasteiger partial charge is 0.119 e. The van der Waals surface area contributed by atoms with Gasteiger partial charge in [-0.2, -0.15) is 0 Å². The molecule has 2 aliphatic carbocycles. The Bertz CT molecular complexity index is 831. The molecule has 3 nitrogen and oxygen atoms in total. The molecule has 0 unspecified atom stereocenters. The molecular weight excluding hydrogens is 392 g/mol. The average Bonchev–Trinajstić information content (AvgIpc) is 2.82. The number of anilines is 2. The summed E-state index contributed by atoms with van der Waals surface area (Å²) in [5.41, 5.74) is 15.8. The van der Waals surface area contributed by atoms with Crippen molar-refractivity contribution >= 4 is 11.4 Å². The van der Waals surface area contributed by atoms with E-state index in [-0.39, 0.29) is 0 Å². The maximum atomic E-state index is 6.04. The molecule has 2 aliphatic rings. The van der Waals surface area contributed by atoms with Crippen molar-refractivity contribution in [2.75, 3.05) is 18.1 Å². The zero-order chi connectivity index (χ0) is 22.3. The topological polar surface area (TPSA) is 61.3 Å². The van der Waals surface area contributed by atoms with E-state index in [9.17, 15) is 0 Å². The van der Waals surface area contributed by atoms with Crippen LogP contribution in [0, 0.1) is 17.8 Å². The lowest BCUT2D eigenvalue weighted by atomic mass is 9.68. The van der Waals surface area contributed by atoms with Gasteiger partial charge in [-0.15, -0.1) is 0 Å². The van der Waals surface area contributed by atoms with Crippen LogP contribution >= 0.6 is 0 Å². The summed E-state index contributed by atoms with van der Waals surface area (Å²) in [5, 5.41) is 0. The normalized spacial score (nSPS) is 26.0.